The Bertz CT molecular complexity index is 67.0. The predicted octanol–water partition coefficient (Wildman–Crippen LogP) is 2.30. The molecule has 0 fully saturated rings. The third-order valence-corrected chi connectivity index (χ3v) is 0. The molecule has 8 N–H and O–H groups in total. The minimum absolute atomic E-state index is 1.04. The van der Waals surface area contributed by atoms with Crippen LogP contribution in [0.5, 0.6) is 0 Å². The van der Waals surface area contributed by atoms with Crippen LogP contribution in [-0.4, -0.2) is 0 Å². The van der Waals surface area contributed by atoms with Gasteiger partial charge in [-0.05, 0) is 0 Å². The summed E-state index contributed by atoms with van der Waals surface area (Å²) in [5.41, 5.74) is 0. The van der Waals surface area contributed by atoms with Gasteiger partial charge in [-0.1, -0.05) is 0 Å². The number of rotatable bonds is 0. The first-order chi connectivity index (χ1) is 6.93. The van der Waals surface area contributed by atoms with Crippen molar-refractivity contribution < 1.29 is 88.2 Å². The van der Waals surface area contributed by atoms with Gasteiger partial charge in [0.2, 0.25) is 0 Å². The van der Waals surface area contributed by atoms with E-state index in [1.807, 2.05) is 0 Å². The summed E-state index contributed by atoms with van der Waals surface area (Å²) < 4.78 is 38.4. The van der Waals surface area contributed by atoms with Crippen molar-refractivity contribution in [3.63, 3.8) is 0 Å². The van der Waals surface area contributed by atoms with Gasteiger partial charge in [-0.15, -0.1) is 0 Å². The zero-order valence-corrected chi connectivity index (χ0v) is 22.1. The normalized spacial score (nSPS) is 6.75. The van der Waals surface area contributed by atoms with Gasteiger partial charge in [0.05, 0.1) is 0 Å². The molecule has 0 aromatic heterocycles. The van der Waals surface area contributed by atoms with Gasteiger partial charge in [-0.25, -0.2) is 0 Å². The van der Waals surface area contributed by atoms with E-state index in [0.717, 1.165) is 0 Å². The molecule has 0 rings (SSSR count). The summed E-state index contributed by atoms with van der Waals surface area (Å²) in [6.07, 6.45) is 0. The van der Waals surface area contributed by atoms with Crippen LogP contribution in [0.15, 0.2) is 0 Å². The van der Waals surface area contributed by atoms with Crippen molar-refractivity contribution in [1.29, 1.82) is 0 Å². The molecular formula is C8H32N4Zr4. The first-order valence-electron chi connectivity index (χ1n) is 5.15. The SMILES string of the molecule is [CH3][Zr]([CH3])[NH2].[CH3][Zr]([CH3])[NH2].[CH3][Zr]([CH3])[NH2].[CH3][Zr]([CH3])[NH2]. The Labute approximate surface area is 137 Å². The molecule has 8 heteroatoms. The van der Waals surface area contributed by atoms with Gasteiger partial charge < -0.3 is 0 Å². The summed E-state index contributed by atoms with van der Waals surface area (Å²) in [5, 5.41) is 0. The van der Waals surface area contributed by atoms with Gasteiger partial charge in [0, 0.05) is 0 Å². The molecule has 0 aromatic carbocycles. The molecule has 0 saturated carbocycles. The summed E-state index contributed by atoms with van der Waals surface area (Å²) >= 11 is -4.17. The second kappa shape index (κ2) is 23.5. The quantitative estimate of drug-likeness (QED) is 0.373. The Morgan fingerprint density at radius 2 is 0.375 bits per heavy atom. The zero-order valence-electron chi connectivity index (χ0n) is 12.3. The zero-order chi connectivity index (χ0) is 14.3. The first-order valence-corrected chi connectivity index (χ1v) is 30.5. The van der Waals surface area contributed by atoms with Crippen LogP contribution in [0.25, 0.3) is 0 Å². The van der Waals surface area contributed by atoms with Crippen LogP contribution in [0.2, 0.25) is 37.1 Å². The van der Waals surface area contributed by atoms with Crippen molar-refractivity contribution in [2.45, 2.75) is 37.1 Å². The molecular weight excluding hydrogens is 517 g/mol. The fraction of sp³-hybridized carbons (Fsp3) is 1.00. The van der Waals surface area contributed by atoms with Gasteiger partial charge in [-0.2, -0.15) is 0 Å². The first kappa shape index (κ1) is 27.7. The van der Waals surface area contributed by atoms with E-state index in [1.54, 1.807) is 0 Å². The molecule has 0 radical (unpaired) electrons. The maximum atomic E-state index is 5.31. The van der Waals surface area contributed by atoms with E-state index in [0.29, 0.717) is 0 Å². The number of hydrogen-bond acceptors (Lipinski definition) is 4. The molecule has 4 nitrogen and oxygen atoms in total. The predicted molar refractivity (Wildman–Crippen MR) is 63.7 cm³/mol. The molecule has 0 heterocycles. The summed E-state index contributed by atoms with van der Waals surface area (Å²) in [4.78, 5) is 0. The van der Waals surface area contributed by atoms with Crippen LogP contribution in [0.4, 0.5) is 0 Å². The second-order valence-electron chi connectivity index (χ2n) is 4.31. The van der Waals surface area contributed by atoms with Crippen molar-refractivity contribution in [3.05, 3.63) is 0 Å². The van der Waals surface area contributed by atoms with E-state index in [-0.39, 0.29) is 0 Å². The molecule has 0 aliphatic carbocycles. The van der Waals surface area contributed by atoms with Gasteiger partial charge in [0.15, 0.2) is 0 Å². The Kier molecular flexibility index (Phi) is 40.6. The molecule has 0 aliphatic rings. The molecule has 0 unspecified atom stereocenters. The van der Waals surface area contributed by atoms with Crippen LogP contribution in [-0.2, 0) is 88.2 Å². The standard InChI is InChI=1S/8CH3.4H2N.4Zr/h8*1H3;4*1H2;;;;/q;;;;;;;;4*-1;4*+1. The molecule has 0 atom stereocenters. The average Bonchev–Trinajstić information content (AvgIpc) is 1.76. The van der Waals surface area contributed by atoms with Crippen LogP contribution in [0, 0.1) is 0 Å². The van der Waals surface area contributed by atoms with Crippen molar-refractivity contribution in [2.24, 2.45) is 14.7 Å². The molecule has 0 aliphatic heterocycles. The summed E-state index contributed by atoms with van der Waals surface area (Å²) in [5.74, 6) is 0. The van der Waals surface area contributed by atoms with Gasteiger partial charge in [0.25, 0.3) is 0 Å². The van der Waals surface area contributed by atoms with Crippen LogP contribution >= 0.6 is 0 Å². The Morgan fingerprint density at radius 3 is 0.375 bits per heavy atom. The second-order valence-corrected chi connectivity index (χ2v) is 25.5. The minimum atomic E-state index is -1.04. The number of nitrogens with two attached hydrogens (primary N) is 4. The Morgan fingerprint density at radius 1 is 0.375 bits per heavy atom. The third-order valence-electron chi connectivity index (χ3n) is 0. The average molecular weight is 549 g/mol. The van der Waals surface area contributed by atoms with E-state index in [1.165, 1.54) is 0 Å². The van der Waals surface area contributed by atoms with Crippen LogP contribution < -0.4 is 14.7 Å². The van der Waals surface area contributed by atoms with E-state index >= 15 is 0 Å². The van der Waals surface area contributed by atoms with Crippen LogP contribution in [0.3, 0.4) is 0 Å². The van der Waals surface area contributed by atoms with E-state index < -0.39 is 88.2 Å². The molecule has 0 aromatic rings. The molecule has 100 valence electrons. The van der Waals surface area contributed by atoms with Gasteiger partial charge >= 0.3 is 140 Å². The summed E-state index contributed by atoms with van der Waals surface area (Å²) in [6.45, 7) is 0. The third kappa shape index (κ3) is 409. The summed E-state index contributed by atoms with van der Waals surface area (Å²) in [7, 11) is 0. The maximum absolute atomic E-state index is 5.31. The van der Waals surface area contributed by atoms with Crippen LogP contribution in [0.1, 0.15) is 0 Å². The fourth-order valence-corrected chi connectivity index (χ4v) is 0. The fourth-order valence-electron chi connectivity index (χ4n) is 0. The monoisotopic (exact) mass is 544 g/mol. The van der Waals surface area contributed by atoms with E-state index in [9.17, 15) is 0 Å². The van der Waals surface area contributed by atoms with Crippen molar-refractivity contribution >= 4 is 0 Å². The number of hydrogen-bond donors (Lipinski definition) is 4. The molecule has 0 saturated heterocycles. The molecule has 0 amide bonds. The van der Waals surface area contributed by atoms with E-state index in [4.69, 9.17) is 14.7 Å². The van der Waals surface area contributed by atoms with Gasteiger partial charge in [-0.3, -0.25) is 0 Å². The molecule has 16 heavy (non-hydrogen) atoms. The molecule has 0 spiro atoms. The Balaban J connectivity index is -0.0000000600. The summed E-state index contributed by atoms with van der Waals surface area (Å²) in [6, 6.07) is 0. The van der Waals surface area contributed by atoms with Crippen molar-refractivity contribution in [1.82, 2.24) is 0 Å². The molecule has 0 bridgehead atoms. The van der Waals surface area contributed by atoms with Gasteiger partial charge in [0.1, 0.15) is 0 Å². The van der Waals surface area contributed by atoms with Crippen molar-refractivity contribution in [2.75, 3.05) is 0 Å². The topological polar surface area (TPSA) is 104 Å². The Hall–Kier alpha value is 3.37. The van der Waals surface area contributed by atoms with E-state index in [2.05, 4.69) is 37.1 Å². The van der Waals surface area contributed by atoms with Crippen molar-refractivity contribution in [3.8, 4) is 0 Å².